The van der Waals surface area contributed by atoms with Gasteiger partial charge in [0.1, 0.15) is 0 Å². The lowest BCUT2D eigenvalue weighted by molar-refractivity contribution is -0.0407. The molecular formula is C15H26N4O. The van der Waals surface area contributed by atoms with Gasteiger partial charge in [0.05, 0.1) is 17.8 Å². The van der Waals surface area contributed by atoms with Crippen LogP contribution in [0.3, 0.4) is 0 Å². The van der Waals surface area contributed by atoms with E-state index in [1.807, 2.05) is 10.9 Å². The molecule has 0 amide bonds. The van der Waals surface area contributed by atoms with Crippen LogP contribution < -0.4 is 0 Å². The molecule has 112 valence electrons. The Hall–Kier alpha value is -0.940. The molecule has 0 aromatic carbocycles. The SMILES string of the molecule is CC1CCC(O)(CN2CCC(n3ccnn3)CC2)CC1. The van der Waals surface area contributed by atoms with Crippen LogP contribution in [-0.4, -0.2) is 50.2 Å². The highest BCUT2D eigenvalue weighted by Gasteiger charge is 2.34. The number of β-amino-alcohol motifs (C(OH)–C–C–N with tert-alkyl or cyclic N) is 1. The summed E-state index contributed by atoms with van der Waals surface area (Å²) in [5.74, 6) is 0.785. The van der Waals surface area contributed by atoms with E-state index in [-0.39, 0.29) is 0 Å². The highest BCUT2D eigenvalue weighted by Crippen LogP contribution is 2.33. The largest absolute Gasteiger partial charge is 0.389 e. The van der Waals surface area contributed by atoms with Crippen molar-refractivity contribution in [3.63, 3.8) is 0 Å². The third-order valence-corrected chi connectivity index (χ3v) is 5.10. The lowest BCUT2D eigenvalue weighted by Crippen LogP contribution is -2.48. The Morgan fingerprint density at radius 1 is 1.20 bits per heavy atom. The molecule has 2 aliphatic rings. The molecule has 1 aromatic rings. The first-order chi connectivity index (χ1) is 9.65. The zero-order chi connectivity index (χ0) is 14.0. The zero-order valence-corrected chi connectivity index (χ0v) is 12.4. The van der Waals surface area contributed by atoms with E-state index in [4.69, 9.17) is 0 Å². The van der Waals surface area contributed by atoms with Gasteiger partial charge in [0.15, 0.2) is 0 Å². The molecule has 0 bridgehead atoms. The molecule has 20 heavy (non-hydrogen) atoms. The van der Waals surface area contributed by atoms with Crippen LogP contribution in [0.2, 0.25) is 0 Å². The van der Waals surface area contributed by atoms with Crippen molar-refractivity contribution < 1.29 is 5.11 Å². The molecular weight excluding hydrogens is 252 g/mol. The predicted molar refractivity (Wildman–Crippen MR) is 77.3 cm³/mol. The second-order valence-corrected chi connectivity index (χ2v) is 6.80. The predicted octanol–water partition coefficient (Wildman–Crippen LogP) is 1.86. The normalized spacial score (nSPS) is 33.4. The van der Waals surface area contributed by atoms with Crippen molar-refractivity contribution in [2.75, 3.05) is 19.6 Å². The average Bonchev–Trinajstić information content (AvgIpc) is 2.97. The summed E-state index contributed by atoms with van der Waals surface area (Å²) in [6.07, 6.45) is 10.2. The molecule has 5 nitrogen and oxygen atoms in total. The van der Waals surface area contributed by atoms with Gasteiger partial charge in [0.2, 0.25) is 0 Å². The number of aromatic nitrogens is 3. The number of hydrogen-bond acceptors (Lipinski definition) is 4. The number of aliphatic hydroxyl groups is 1. The number of piperidine rings is 1. The molecule has 0 radical (unpaired) electrons. The smallest absolute Gasteiger partial charge is 0.0774 e. The van der Waals surface area contributed by atoms with Crippen LogP contribution in [0, 0.1) is 5.92 Å². The number of nitrogens with zero attached hydrogens (tertiary/aromatic N) is 4. The fourth-order valence-electron chi connectivity index (χ4n) is 3.63. The van der Waals surface area contributed by atoms with Crippen LogP contribution in [-0.2, 0) is 0 Å². The van der Waals surface area contributed by atoms with Gasteiger partial charge < -0.3 is 10.0 Å². The van der Waals surface area contributed by atoms with Gasteiger partial charge in [0.25, 0.3) is 0 Å². The van der Waals surface area contributed by atoms with Crippen LogP contribution in [0.15, 0.2) is 12.4 Å². The minimum absolute atomic E-state index is 0.438. The Morgan fingerprint density at radius 2 is 1.90 bits per heavy atom. The summed E-state index contributed by atoms with van der Waals surface area (Å²) in [5.41, 5.74) is -0.438. The topological polar surface area (TPSA) is 54.2 Å². The zero-order valence-electron chi connectivity index (χ0n) is 12.4. The summed E-state index contributed by atoms with van der Waals surface area (Å²) < 4.78 is 1.98. The summed E-state index contributed by atoms with van der Waals surface area (Å²) >= 11 is 0. The summed E-state index contributed by atoms with van der Waals surface area (Å²) in [5, 5.41) is 18.7. The molecule has 1 aliphatic heterocycles. The molecule has 0 unspecified atom stereocenters. The van der Waals surface area contributed by atoms with Crippen molar-refractivity contribution in [2.24, 2.45) is 5.92 Å². The van der Waals surface area contributed by atoms with Crippen LogP contribution >= 0.6 is 0 Å². The fourth-order valence-corrected chi connectivity index (χ4v) is 3.63. The summed E-state index contributed by atoms with van der Waals surface area (Å²) in [6, 6.07) is 0.481. The Labute approximate surface area is 121 Å². The second-order valence-electron chi connectivity index (χ2n) is 6.80. The highest BCUT2D eigenvalue weighted by molar-refractivity contribution is 4.89. The van der Waals surface area contributed by atoms with E-state index < -0.39 is 5.60 Å². The molecule has 0 atom stereocenters. The van der Waals surface area contributed by atoms with Crippen LogP contribution in [0.5, 0.6) is 0 Å². The van der Waals surface area contributed by atoms with E-state index in [2.05, 4.69) is 22.1 Å². The van der Waals surface area contributed by atoms with Gasteiger partial charge in [-0.2, -0.15) is 0 Å². The monoisotopic (exact) mass is 278 g/mol. The quantitative estimate of drug-likeness (QED) is 0.917. The third-order valence-electron chi connectivity index (χ3n) is 5.10. The molecule has 1 aromatic heterocycles. The first kappa shape index (κ1) is 14.0. The van der Waals surface area contributed by atoms with Crippen LogP contribution in [0.4, 0.5) is 0 Å². The Balaban J connectivity index is 1.49. The lowest BCUT2D eigenvalue weighted by Gasteiger charge is -2.41. The first-order valence-electron chi connectivity index (χ1n) is 7.95. The fraction of sp³-hybridized carbons (Fsp3) is 0.867. The summed E-state index contributed by atoms with van der Waals surface area (Å²) in [6.45, 7) is 5.26. The van der Waals surface area contributed by atoms with Gasteiger partial charge in [-0.15, -0.1) is 5.10 Å². The van der Waals surface area contributed by atoms with Crippen molar-refractivity contribution in [3.8, 4) is 0 Å². The van der Waals surface area contributed by atoms with E-state index in [1.165, 1.54) is 12.8 Å². The third kappa shape index (κ3) is 3.20. The van der Waals surface area contributed by atoms with Gasteiger partial charge >= 0.3 is 0 Å². The first-order valence-corrected chi connectivity index (χ1v) is 7.95. The van der Waals surface area contributed by atoms with Crippen LogP contribution in [0.1, 0.15) is 51.5 Å². The molecule has 2 fully saturated rings. The minimum atomic E-state index is -0.438. The molecule has 0 spiro atoms. The van der Waals surface area contributed by atoms with Crippen molar-refractivity contribution in [3.05, 3.63) is 12.4 Å². The van der Waals surface area contributed by atoms with Crippen molar-refractivity contribution in [1.29, 1.82) is 0 Å². The Bertz CT molecular complexity index is 404. The molecule has 2 heterocycles. The minimum Gasteiger partial charge on any atom is -0.389 e. The van der Waals surface area contributed by atoms with Gasteiger partial charge in [-0.25, -0.2) is 4.68 Å². The highest BCUT2D eigenvalue weighted by atomic mass is 16.3. The molecule has 1 aliphatic carbocycles. The summed E-state index contributed by atoms with van der Waals surface area (Å²) in [7, 11) is 0. The van der Waals surface area contributed by atoms with E-state index in [0.29, 0.717) is 6.04 Å². The van der Waals surface area contributed by atoms with E-state index in [1.54, 1.807) is 6.20 Å². The maximum absolute atomic E-state index is 10.7. The van der Waals surface area contributed by atoms with Crippen molar-refractivity contribution >= 4 is 0 Å². The number of hydrogen-bond donors (Lipinski definition) is 1. The Kier molecular flexibility index (Phi) is 4.08. The maximum atomic E-state index is 10.7. The molecule has 5 heteroatoms. The van der Waals surface area contributed by atoms with Crippen molar-refractivity contribution in [2.45, 2.75) is 57.1 Å². The van der Waals surface area contributed by atoms with Crippen LogP contribution in [0.25, 0.3) is 0 Å². The van der Waals surface area contributed by atoms with E-state index >= 15 is 0 Å². The molecule has 1 saturated carbocycles. The standard InChI is InChI=1S/C15H26N4O/c1-13-2-6-15(20,7-3-13)12-18-9-4-14(5-10-18)19-11-8-16-17-19/h8,11,13-14,20H,2-7,9-10,12H2,1H3. The van der Waals surface area contributed by atoms with Gasteiger partial charge in [-0.3, -0.25) is 0 Å². The van der Waals surface area contributed by atoms with Gasteiger partial charge in [-0.1, -0.05) is 12.1 Å². The molecule has 1 saturated heterocycles. The van der Waals surface area contributed by atoms with Crippen molar-refractivity contribution in [1.82, 2.24) is 19.9 Å². The lowest BCUT2D eigenvalue weighted by atomic mass is 9.79. The molecule has 3 rings (SSSR count). The van der Waals surface area contributed by atoms with Gasteiger partial charge in [-0.05, 0) is 44.4 Å². The molecule has 1 N–H and O–H groups in total. The average molecular weight is 278 g/mol. The van der Waals surface area contributed by atoms with Gasteiger partial charge in [0, 0.05) is 25.8 Å². The maximum Gasteiger partial charge on any atom is 0.0774 e. The summed E-state index contributed by atoms with van der Waals surface area (Å²) in [4.78, 5) is 2.43. The Morgan fingerprint density at radius 3 is 2.50 bits per heavy atom. The van der Waals surface area contributed by atoms with E-state index in [0.717, 1.165) is 51.2 Å². The number of rotatable bonds is 3. The number of likely N-dealkylation sites (tertiary alicyclic amines) is 1. The second kappa shape index (κ2) is 5.82. The van der Waals surface area contributed by atoms with E-state index in [9.17, 15) is 5.11 Å².